The largest absolute Gasteiger partial charge is 0.496 e. The van der Waals surface area contributed by atoms with Crippen LogP contribution in [0.4, 0.5) is 35.3 Å². The number of methoxy groups -OCH3 is 1. The molecule has 3 heterocycles. The summed E-state index contributed by atoms with van der Waals surface area (Å²) >= 11 is 0. The molecule has 1 amide bonds. The van der Waals surface area contributed by atoms with Crippen molar-refractivity contribution in [2.75, 3.05) is 43.5 Å². The summed E-state index contributed by atoms with van der Waals surface area (Å²) in [7, 11) is 1.40. The van der Waals surface area contributed by atoms with Crippen LogP contribution in [0.3, 0.4) is 0 Å². The number of fused-ring (bicyclic) bond motifs is 1. The van der Waals surface area contributed by atoms with Crippen LogP contribution in [-0.2, 0) is 6.18 Å². The number of aromatic nitrogens is 3. The topological polar surface area (TPSA) is 95.2 Å². The zero-order valence-corrected chi connectivity index (χ0v) is 19.7. The second kappa shape index (κ2) is 9.52. The van der Waals surface area contributed by atoms with E-state index in [1.165, 1.54) is 22.6 Å². The van der Waals surface area contributed by atoms with Gasteiger partial charge in [-0.3, -0.25) is 0 Å². The Kier molecular flexibility index (Phi) is 6.24. The predicted molar refractivity (Wildman–Crippen MR) is 132 cm³/mol. The van der Waals surface area contributed by atoms with Crippen LogP contribution < -0.4 is 15.0 Å². The molecule has 192 valence electrons. The van der Waals surface area contributed by atoms with Gasteiger partial charge in [-0.1, -0.05) is 6.07 Å². The number of pyridine rings is 1. The zero-order valence-electron chi connectivity index (χ0n) is 19.7. The molecule has 0 spiro atoms. The Bertz CT molecular complexity index is 1450. The third-order valence-electron chi connectivity index (χ3n) is 6.20. The Hall–Kier alpha value is -4.48. The molecule has 2 N–H and O–H groups in total. The lowest BCUT2D eigenvalue weighted by Gasteiger charge is -2.34. The Morgan fingerprint density at radius 2 is 1.81 bits per heavy atom. The van der Waals surface area contributed by atoms with Gasteiger partial charge in [0.15, 0.2) is 5.65 Å². The fourth-order valence-electron chi connectivity index (χ4n) is 4.33. The fourth-order valence-corrected chi connectivity index (χ4v) is 4.33. The van der Waals surface area contributed by atoms with Crippen LogP contribution in [0.2, 0.25) is 0 Å². The summed E-state index contributed by atoms with van der Waals surface area (Å²) in [5, 5.41) is 16.8. The molecule has 0 radical (unpaired) electrons. The number of amides is 1. The maximum Gasteiger partial charge on any atom is 0.416 e. The standard InChI is InChI=1S/C25H23F3N6O3/c1-37-21-8-7-16(25(26,27)28)14-20(21)19-6-3-9-34-22(19)30-23(31-34)29-17-4-2-5-18(15-17)32-10-12-33(13-11-32)24(35)36/h2-9,14-15H,10-13H2,1H3,(H,29,31)(H,35,36). The van der Waals surface area contributed by atoms with Crippen LogP contribution >= 0.6 is 0 Å². The number of alkyl halides is 3. The van der Waals surface area contributed by atoms with Gasteiger partial charge in [-0.25, -0.2) is 9.31 Å². The highest BCUT2D eigenvalue weighted by atomic mass is 19.4. The molecule has 0 atom stereocenters. The quantitative estimate of drug-likeness (QED) is 0.390. The Morgan fingerprint density at radius 3 is 2.51 bits per heavy atom. The van der Waals surface area contributed by atoms with Crippen molar-refractivity contribution in [2.24, 2.45) is 0 Å². The minimum atomic E-state index is -4.50. The normalized spacial score (nSPS) is 14.2. The van der Waals surface area contributed by atoms with Crippen LogP contribution in [0.1, 0.15) is 5.56 Å². The van der Waals surface area contributed by atoms with Crippen molar-refractivity contribution in [3.05, 3.63) is 66.4 Å². The van der Waals surface area contributed by atoms with E-state index < -0.39 is 17.8 Å². The molecule has 1 saturated heterocycles. The molecule has 4 aromatic rings. The van der Waals surface area contributed by atoms with Crippen molar-refractivity contribution < 1.29 is 27.8 Å². The lowest BCUT2D eigenvalue weighted by molar-refractivity contribution is -0.137. The number of hydrogen-bond donors (Lipinski definition) is 2. The van der Waals surface area contributed by atoms with E-state index in [0.29, 0.717) is 43.1 Å². The number of halogens is 3. The van der Waals surface area contributed by atoms with Crippen molar-refractivity contribution >= 4 is 29.1 Å². The molecule has 0 aliphatic carbocycles. The molecule has 0 saturated carbocycles. The van der Waals surface area contributed by atoms with E-state index in [0.717, 1.165) is 17.8 Å². The van der Waals surface area contributed by atoms with Gasteiger partial charge in [-0.05, 0) is 48.5 Å². The first-order valence-corrected chi connectivity index (χ1v) is 11.4. The van der Waals surface area contributed by atoms with Gasteiger partial charge in [0.25, 0.3) is 0 Å². The highest BCUT2D eigenvalue weighted by molar-refractivity contribution is 5.82. The summed E-state index contributed by atoms with van der Waals surface area (Å²) in [4.78, 5) is 19.2. The van der Waals surface area contributed by atoms with E-state index in [9.17, 15) is 18.0 Å². The average Bonchev–Trinajstić information content (AvgIpc) is 3.30. The number of anilines is 3. The average molecular weight is 512 g/mol. The third kappa shape index (κ3) is 4.95. The number of carboxylic acid groups (broad SMARTS) is 1. The van der Waals surface area contributed by atoms with Gasteiger partial charge in [0, 0.05) is 54.9 Å². The number of hydrogen-bond acceptors (Lipinski definition) is 6. The van der Waals surface area contributed by atoms with E-state index in [-0.39, 0.29) is 17.3 Å². The monoisotopic (exact) mass is 512 g/mol. The number of nitrogens with zero attached hydrogens (tertiary/aromatic N) is 5. The van der Waals surface area contributed by atoms with Gasteiger partial charge in [-0.15, -0.1) is 5.10 Å². The minimum Gasteiger partial charge on any atom is -0.496 e. The van der Waals surface area contributed by atoms with Crippen molar-refractivity contribution in [1.29, 1.82) is 0 Å². The summed E-state index contributed by atoms with van der Waals surface area (Å²) in [5.74, 6) is 0.556. The van der Waals surface area contributed by atoms with Gasteiger partial charge >= 0.3 is 12.3 Å². The second-order valence-electron chi connectivity index (χ2n) is 8.47. The molecule has 2 aromatic carbocycles. The molecule has 12 heteroatoms. The van der Waals surface area contributed by atoms with E-state index in [2.05, 4.69) is 20.3 Å². The molecule has 9 nitrogen and oxygen atoms in total. The first kappa shape index (κ1) is 24.2. The summed E-state index contributed by atoms with van der Waals surface area (Å²) in [6, 6.07) is 14.2. The molecule has 0 bridgehead atoms. The van der Waals surface area contributed by atoms with Crippen LogP contribution in [0.15, 0.2) is 60.8 Å². The summed E-state index contributed by atoms with van der Waals surface area (Å²) in [5.41, 5.74) is 1.91. The molecule has 37 heavy (non-hydrogen) atoms. The smallest absolute Gasteiger partial charge is 0.416 e. The summed E-state index contributed by atoms with van der Waals surface area (Å²) in [6.07, 6.45) is -3.76. The van der Waals surface area contributed by atoms with Gasteiger partial charge in [-0.2, -0.15) is 18.2 Å². The Labute approximate surface area is 209 Å². The van der Waals surface area contributed by atoms with E-state index in [1.54, 1.807) is 18.3 Å². The molecule has 1 aliphatic rings. The molecule has 5 rings (SSSR count). The molecular weight excluding hydrogens is 489 g/mol. The number of rotatable bonds is 5. The first-order chi connectivity index (χ1) is 17.7. The molecular formula is C25H23F3N6O3. The van der Waals surface area contributed by atoms with E-state index in [4.69, 9.17) is 9.84 Å². The van der Waals surface area contributed by atoms with Crippen molar-refractivity contribution in [1.82, 2.24) is 19.5 Å². The number of ether oxygens (including phenoxy) is 1. The predicted octanol–water partition coefficient (Wildman–Crippen LogP) is 4.97. The summed E-state index contributed by atoms with van der Waals surface area (Å²) in [6.45, 7) is 1.99. The zero-order chi connectivity index (χ0) is 26.2. The fraction of sp³-hybridized carbons (Fsp3) is 0.240. The number of carbonyl (C=O) groups is 1. The van der Waals surface area contributed by atoms with Crippen molar-refractivity contribution in [2.45, 2.75) is 6.18 Å². The Balaban J connectivity index is 1.43. The maximum atomic E-state index is 13.4. The van der Waals surface area contributed by atoms with Crippen LogP contribution in [0.25, 0.3) is 16.8 Å². The highest BCUT2D eigenvalue weighted by Gasteiger charge is 2.31. The second-order valence-corrected chi connectivity index (χ2v) is 8.47. The third-order valence-corrected chi connectivity index (χ3v) is 6.20. The van der Waals surface area contributed by atoms with Crippen LogP contribution in [0, 0.1) is 0 Å². The maximum absolute atomic E-state index is 13.4. The van der Waals surface area contributed by atoms with Crippen molar-refractivity contribution in [3.63, 3.8) is 0 Å². The molecule has 0 unspecified atom stereocenters. The lowest BCUT2D eigenvalue weighted by Crippen LogP contribution is -2.48. The van der Waals surface area contributed by atoms with Gasteiger partial charge in [0.1, 0.15) is 5.75 Å². The first-order valence-electron chi connectivity index (χ1n) is 11.4. The number of piperazine rings is 1. The van der Waals surface area contributed by atoms with Gasteiger partial charge in [0.2, 0.25) is 5.95 Å². The van der Waals surface area contributed by atoms with E-state index in [1.807, 2.05) is 24.3 Å². The molecule has 1 aliphatic heterocycles. The number of benzene rings is 2. The Morgan fingerprint density at radius 1 is 1.03 bits per heavy atom. The highest BCUT2D eigenvalue weighted by Crippen LogP contribution is 2.38. The van der Waals surface area contributed by atoms with Crippen LogP contribution in [0.5, 0.6) is 5.75 Å². The number of nitrogens with one attached hydrogen (secondary N) is 1. The molecule has 2 aromatic heterocycles. The van der Waals surface area contributed by atoms with E-state index >= 15 is 0 Å². The SMILES string of the molecule is COc1ccc(C(F)(F)F)cc1-c1cccn2nc(Nc3cccc(N4CCN(C(=O)O)CC4)c3)nc12. The van der Waals surface area contributed by atoms with Gasteiger partial charge < -0.3 is 25.0 Å². The lowest BCUT2D eigenvalue weighted by atomic mass is 10.0. The van der Waals surface area contributed by atoms with Crippen molar-refractivity contribution in [3.8, 4) is 16.9 Å². The van der Waals surface area contributed by atoms with Crippen LogP contribution in [-0.4, -0.2) is 64.0 Å². The minimum absolute atomic E-state index is 0.254. The summed E-state index contributed by atoms with van der Waals surface area (Å²) < 4.78 is 47.0. The van der Waals surface area contributed by atoms with Gasteiger partial charge in [0.05, 0.1) is 12.7 Å². The molecule has 1 fully saturated rings.